The lowest BCUT2D eigenvalue weighted by Crippen LogP contribution is -2.24. The largest absolute Gasteiger partial charge is 0.385 e. The molecule has 0 aromatic rings. The molecule has 0 saturated carbocycles. The second-order valence-corrected chi connectivity index (χ2v) is 6.75. The quantitative estimate of drug-likeness (QED) is 0.396. The molecule has 0 saturated heterocycles. The van der Waals surface area contributed by atoms with Crippen molar-refractivity contribution in [2.75, 3.05) is 0 Å². The summed E-state index contributed by atoms with van der Waals surface area (Å²) in [4.78, 5) is 11.5. The lowest BCUT2D eigenvalue weighted by atomic mass is 9.98. The van der Waals surface area contributed by atoms with Crippen molar-refractivity contribution in [2.24, 2.45) is 5.92 Å². The van der Waals surface area contributed by atoms with E-state index in [1.54, 1.807) is 0 Å². The lowest BCUT2D eigenvalue weighted by molar-refractivity contribution is -0.130. The molecule has 21 heavy (non-hydrogen) atoms. The Morgan fingerprint density at radius 1 is 0.762 bits per heavy atom. The van der Waals surface area contributed by atoms with Crippen LogP contribution in [0.2, 0.25) is 0 Å². The maximum absolute atomic E-state index is 11.5. The van der Waals surface area contributed by atoms with Crippen LogP contribution in [0.15, 0.2) is 0 Å². The Kier molecular flexibility index (Phi) is 14.3. The lowest BCUT2D eigenvalue weighted by Gasteiger charge is -2.11. The fourth-order valence-corrected chi connectivity index (χ4v) is 2.71. The van der Waals surface area contributed by atoms with E-state index >= 15 is 0 Å². The summed E-state index contributed by atoms with van der Waals surface area (Å²) in [6.45, 7) is 5.97. The van der Waals surface area contributed by atoms with Crippen LogP contribution in [0.25, 0.3) is 0 Å². The van der Waals surface area contributed by atoms with Crippen molar-refractivity contribution in [1.82, 2.24) is 0 Å². The van der Waals surface area contributed by atoms with Gasteiger partial charge in [-0.15, -0.1) is 0 Å². The molecule has 0 aromatic carbocycles. The summed E-state index contributed by atoms with van der Waals surface area (Å²) in [5.41, 5.74) is 0. The average Bonchev–Trinajstić information content (AvgIpc) is 2.47. The molecular weight excluding hydrogens is 260 g/mol. The Labute approximate surface area is 132 Å². The van der Waals surface area contributed by atoms with Crippen LogP contribution in [0.5, 0.6) is 0 Å². The fraction of sp³-hybridized carbons (Fsp3) is 0.947. The van der Waals surface area contributed by atoms with Crippen molar-refractivity contribution in [3.05, 3.63) is 0 Å². The molecule has 2 nitrogen and oxygen atoms in total. The van der Waals surface area contributed by atoms with Gasteiger partial charge in [-0.2, -0.15) is 0 Å². The van der Waals surface area contributed by atoms with Gasteiger partial charge in [0.1, 0.15) is 6.10 Å². The predicted molar refractivity (Wildman–Crippen MR) is 91.5 cm³/mol. The number of hydrogen-bond acceptors (Lipinski definition) is 2. The Morgan fingerprint density at radius 2 is 1.14 bits per heavy atom. The first-order chi connectivity index (χ1) is 10.1. The predicted octanol–water partition coefficient (Wildman–Crippen LogP) is 5.66. The zero-order valence-electron chi connectivity index (χ0n) is 14.7. The molecule has 0 amide bonds. The summed E-state index contributed by atoms with van der Waals surface area (Å²) in [5.74, 6) is -0.0459. The molecule has 0 heterocycles. The molecular formula is C19H38O2. The van der Waals surface area contributed by atoms with Gasteiger partial charge in [-0.25, -0.2) is 0 Å². The normalized spacial score (nSPS) is 12.8. The second kappa shape index (κ2) is 14.6. The smallest absolute Gasteiger partial charge is 0.163 e. The van der Waals surface area contributed by atoms with Gasteiger partial charge in [-0.3, -0.25) is 4.79 Å². The Hall–Kier alpha value is -0.370. The maximum atomic E-state index is 11.5. The zero-order valence-corrected chi connectivity index (χ0v) is 14.7. The second-order valence-electron chi connectivity index (χ2n) is 6.75. The summed E-state index contributed by atoms with van der Waals surface area (Å²) in [7, 11) is 0. The van der Waals surface area contributed by atoms with Crippen molar-refractivity contribution in [2.45, 2.75) is 110 Å². The zero-order chi connectivity index (χ0) is 15.9. The van der Waals surface area contributed by atoms with E-state index in [1.807, 2.05) is 13.8 Å². The van der Waals surface area contributed by atoms with Crippen molar-refractivity contribution < 1.29 is 9.90 Å². The van der Waals surface area contributed by atoms with E-state index in [0.29, 0.717) is 6.42 Å². The standard InChI is InChI=1S/C19H38O2/c1-4-5-6-7-8-9-10-11-12-13-14-15-16-18(20)19(21)17(2)3/h17-18,20H,4-16H2,1-3H3. The minimum absolute atomic E-state index is 0.00178. The third kappa shape index (κ3) is 13.0. The minimum atomic E-state index is -0.729. The van der Waals surface area contributed by atoms with E-state index in [1.165, 1.54) is 64.2 Å². The molecule has 0 aliphatic carbocycles. The van der Waals surface area contributed by atoms with E-state index in [4.69, 9.17) is 0 Å². The van der Waals surface area contributed by atoms with Crippen LogP contribution in [0.1, 0.15) is 104 Å². The van der Waals surface area contributed by atoms with Crippen molar-refractivity contribution in [1.29, 1.82) is 0 Å². The Balaban J connectivity index is 3.21. The molecule has 0 bridgehead atoms. The molecule has 1 atom stereocenters. The van der Waals surface area contributed by atoms with Crippen LogP contribution in [0.4, 0.5) is 0 Å². The van der Waals surface area contributed by atoms with Gasteiger partial charge in [-0.05, 0) is 6.42 Å². The first-order valence-corrected chi connectivity index (χ1v) is 9.31. The summed E-state index contributed by atoms with van der Waals surface area (Å²) < 4.78 is 0. The number of carbonyl (C=O) groups is 1. The molecule has 0 radical (unpaired) electrons. The first-order valence-electron chi connectivity index (χ1n) is 9.31. The van der Waals surface area contributed by atoms with Crippen LogP contribution in [-0.2, 0) is 4.79 Å². The highest BCUT2D eigenvalue weighted by Crippen LogP contribution is 2.13. The van der Waals surface area contributed by atoms with E-state index in [-0.39, 0.29) is 11.7 Å². The number of unbranched alkanes of at least 4 members (excludes halogenated alkanes) is 11. The van der Waals surface area contributed by atoms with Crippen molar-refractivity contribution in [3.63, 3.8) is 0 Å². The molecule has 2 heteroatoms. The highest BCUT2D eigenvalue weighted by atomic mass is 16.3. The maximum Gasteiger partial charge on any atom is 0.163 e. The van der Waals surface area contributed by atoms with E-state index in [2.05, 4.69) is 6.92 Å². The molecule has 0 aliphatic heterocycles. The van der Waals surface area contributed by atoms with E-state index < -0.39 is 6.10 Å². The van der Waals surface area contributed by atoms with Gasteiger partial charge in [0.15, 0.2) is 5.78 Å². The molecule has 0 aliphatic rings. The molecule has 0 spiro atoms. The first kappa shape index (κ1) is 20.6. The molecule has 126 valence electrons. The molecule has 0 fully saturated rings. The Morgan fingerprint density at radius 3 is 1.52 bits per heavy atom. The number of carbonyl (C=O) groups excluding carboxylic acids is 1. The van der Waals surface area contributed by atoms with Crippen molar-refractivity contribution >= 4 is 5.78 Å². The van der Waals surface area contributed by atoms with Gasteiger partial charge in [-0.1, -0.05) is 97.8 Å². The van der Waals surface area contributed by atoms with E-state index in [9.17, 15) is 9.90 Å². The summed E-state index contributed by atoms with van der Waals surface area (Å²) in [5, 5.41) is 9.70. The number of hydrogen-bond donors (Lipinski definition) is 1. The fourth-order valence-electron chi connectivity index (χ4n) is 2.71. The highest BCUT2D eigenvalue weighted by Gasteiger charge is 2.17. The Bertz CT molecular complexity index is 236. The van der Waals surface area contributed by atoms with Gasteiger partial charge in [0.25, 0.3) is 0 Å². The van der Waals surface area contributed by atoms with Crippen LogP contribution < -0.4 is 0 Å². The summed E-state index contributed by atoms with van der Waals surface area (Å²) in [6.07, 6.45) is 15.7. The number of ketones is 1. The topological polar surface area (TPSA) is 37.3 Å². The van der Waals surface area contributed by atoms with Crippen LogP contribution >= 0.6 is 0 Å². The summed E-state index contributed by atoms with van der Waals surface area (Å²) >= 11 is 0. The van der Waals surface area contributed by atoms with Crippen LogP contribution in [0.3, 0.4) is 0 Å². The molecule has 0 aromatic heterocycles. The minimum Gasteiger partial charge on any atom is -0.385 e. The van der Waals surface area contributed by atoms with Crippen LogP contribution in [0, 0.1) is 5.92 Å². The van der Waals surface area contributed by atoms with Gasteiger partial charge in [0.2, 0.25) is 0 Å². The van der Waals surface area contributed by atoms with Gasteiger partial charge >= 0.3 is 0 Å². The molecule has 0 rings (SSSR count). The number of aliphatic hydroxyl groups excluding tert-OH is 1. The number of aliphatic hydroxyl groups is 1. The molecule has 1 N–H and O–H groups in total. The molecule has 1 unspecified atom stereocenters. The van der Waals surface area contributed by atoms with Gasteiger partial charge in [0, 0.05) is 5.92 Å². The monoisotopic (exact) mass is 298 g/mol. The average molecular weight is 299 g/mol. The van der Waals surface area contributed by atoms with Crippen LogP contribution in [-0.4, -0.2) is 17.0 Å². The third-order valence-corrected chi connectivity index (χ3v) is 4.23. The third-order valence-electron chi connectivity index (χ3n) is 4.23. The van der Waals surface area contributed by atoms with Gasteiger partial charge < -0.3 is 5.11 Å². The highest BCUT2D eigenvalue weighted by molar-refractivity contribution is 5.84. The SMILES string of the molecule is CCCCCCCCCCCCCCC(O)C(=O)C(C)C. The van der Waals surface area contributed by atoms with E-state index in [0.717, 1.165) is 12.8 Å². The summed E-state index contributed by atoms with van der Waals surface area (Å²) in [6, 6.07) is 0. The number of rotatable bonds is 15. The number of Topliss-reactive ketones (excluding diaryl/α,β-unsaturated/α-hetero) is 1. The van der Waals surface area contributed by atoms with Crippen molar-refractivity contribution in [3.8, 4) is 0 Å². The van der Waals surface area contributed by atoms with Gasteiger partial charge in [0.05, 0.1) is 0 Å².